The minimum atomic E-state index is 0.366. The predicted molar refractivity (Wildman–Crippen MR) is 76.3 cm³/mol. The molecule has 20 heavy (non-hydrogen) atoms. The molecule has 0 bridgehead atoms. The van der Waals surface area contributed by atoms with E-state index in [1.807, 2.05) is 0 Å². The lowest BCUT2D eigenvalue weighted by atomic mass is 9.97. The number of nitrogens with zero attached hydrogens (tertiary/aromatic N) is 4. The van der Waals surface area contributed by atoms with Gasteiger partial charge in [0.1, 0.15) is 6.07 Å². The van der Waals surface area contributed by atoms with E-state index in [1.165, 1.54) is 19.0 Å². The van der Waals surface area contributed by atoms with Gasteiger partial charge in [0, 0.05) is 32.6 Å². The van der Waals surface area contributed by atoms with E-state index in [-0.39, 0.29) is 0 Å². The van der Waals surface area contributed by atoms with Gasteiger partial charge in [-0.1, -0.05) is 0 Å². The molecule has 1 aromatic heterocycles. The molecule has 0 aliphatic carbocycles. The normalized spacial score (nSPS) is 16.8. The molecule has 1 aromatic rings. The quantitative estimate of drug-likeness (QED) is 0.838. The van der Waals surface area contributed by atoms with Crippen LogP contribution in [0.5, 0.6) is 0 Å². The zero-order valence-corrected chi connectivity index (χ0v) is 11.9. The van der Waals surface area contributed by atoms with Crippen LogP contribution in [0.4, 0.5) is 5.82 Å². The summed E-state index contributed by atoms with van der Waals surface area (Å²) < 4.78 is 5.10. The van der Waals surface area contributed by atoms with E-state index in [0.29, 0.717) is 17.4 Å². The number of nitriles is 1. The SMILES string of the molecule is COCCN1CCC(CNc2nccnc2C#N)CC1. The highest BCUT2D eigenvalue weighted by Crippen LogP contribution is 2.18. The fourth-order valence-electron chi connectivity index (χ4n) is 2.42. The Morgan fingerprint density at radius 2 is 2.15 bits per heavy atom. The van der Waals surface area contributed by atoms with E-state index in [0.717, 1.165) is 32.8 Å². The molecule has 0 radical (unpaired) electrons. The third-order valence-electron chi connectivity index (χ3n) is 3.68. The van der Waals surface area contributed by atoms with Gasteiger partial charge in [0.25, 0.3) is 0 Å². The van der Waals surface area contributed by atoms with Crippen molar-refractivity contribution in [2.75, 3.05) is 45.2 Å². The lowest BCUT2D eigenvalue weighted by Crippen LogP contribution is -2.37. The van der Waals surface area contributed by atoms with Crippen LogP contribution in [0.2, 0.25) is 0 Å². The van der Waals surface area contributed by atoms with Crippen molar-refractivity contribution < 1.29 is 4.74 Å². The van der Waals surface area contributed by atoms with E-state index in [2.05, 4.69) is 26.3 Å². The summed E-state index contributed by atoms with van der Waals surface area (Å²) >= 11 is 0. The Labute approximate surface area is 119 Å². The van der Waals surface area contributed by atoms with Crippen LogP contribution in [-0.4, -0.2) is 54.8 Å². The summed E-state index contributed by atoms with van der Waals surface area (Å²) in [5.74, 6) is 1.22. The van der Waals surface area contributed by atoms with Crippen LogP contribution < -0.4 is 5.32 Å². The monoisotopic (exact) mass is 275 g/mol. The molecule has 0 aromatic carbocycles. The second-order valence-electron chi connectivity index (χ2n) is 5.02. The number of hydrogen-bond acceptors (Lipinski definition) is 6. The highest BCUT2D eigenvalue weighted by molar-refractivity contribution is 5.46. The zero-order chi connectivity index (χ0) is 14.2. The first-order chi connectivity index (χ1) is 9.83. The Morgan fingerprint density at radius 1 is 1.40 bits per heavy atom. The summed E-state index contributed by atoms with van der Waals surface area (Å²) in [4.78, 5) is 10.6. The average Bonchev–Trinajstić information content (AvgIpc) is 2.52. The molecule has 108 valence electrons. The first-order valence-electron chi connectivity index (χ1n) is 6.99. The zero-order valence-electron chi connectivity index (χ0n) is 11.9. The molecule has 2 rings (SSSR count). The van der Waals surface area contributed by atoms with E-state index in [1.54, 1.807) is 13.3 Å². The predicted octanol–water partition coefficient (Wildman–Crippen LogP) is 1.12. The number of anilines is 1. The summed E-state index contributed by atoms with van der Waals surface area (Å²) in [7, 11) is 1.74. The topological polar surface area (TPSA) is 74.1 Å². The first kappa shape index (κ1) is 14.7. The van der Waals surface area contributed by atoms with Gasteiger partial charge in [-0.15, -0.1) is 0 Å². The van der Waals surface area contributed by atoms with Gasteiger partial charge < -0.3 is 15.0 Å². The lowest BCUT2D eigenvalue weighted by Gasteiger charge is -2.31. The van der Waals surface area contributed by atoms with Gasteiger partial charge in [-0.25, -0.2) is 9.97 Å². The maximum atomic E-state index is 8.96. The number of aromatic nitrogens is 2. The van der Waals surface area contributed by atoms with Crippen molar-refractivity contribution in [3.05, 3.63) is 18.1 Å². The number of hydrogen-bond donors (Lipinski definition) is 1. The van der Waals surface area contributed by atoms with Gasteiger partial charge in [-0.2, -0.15) is 5.26 Å². The highest BCUT2D eigenvalue weighted by atomic mass is 16.5. The third kappa shape index (κ3) is 4.15. The molecule has 2 heterocycles. The summed E-state index contributed by atoms with van der Waals surface area (Å²) in [6.07, 6.45) is 5.48. The fraction of sp³-hybridized carbons (Fsp3) is 0.643. The van der Waals surface area contributed by atoms with Gasteiger partial charge in [0.2, 0.25) is 0 Å². The molecule has 1 fully saturated rings. The molecular formula is C14H21N5O. The molecule has 0 atom stereocenters. The molecule has 6 nitrogen and oxygen atoms in total. The number of likely N-dealkylation sites (tertiary alicyclic amines) is 1. The van der Waals surface area contributed by atoms with E-state index < -0.39 is 0 Å². The van der Waals surface area contributed by atoms with Crippen molar-refractivity contribution in [1.29, 1.82) is 5.26 Å². The number of piperidine rings is 1. The van der Waals surface area contributed by atoms with E-state index in [9.17, 15) is 0 Å². The van der Waals surface area contributed by atoms with Crippen LogP contribution in [0.1, 0.15) is 18.5 Å². The molecular weight excluding hydrogens is 254 g/mol. The van der Waals surface area contributed by atoms with Gasteiger partial charge in [-0.3, -0.25) is 0 Å². The first-order valence-corrected chi connectivity index (χ1v) is 6.99. The largest absolute Gasteiger partial charge is 0.383 e. The Morgan fingerprint density at radius 3 is 2.85 bits per heavy atom. The second-order valence-corrected chi connectivity index (χ2v) is 5.02. The minimum absolute atomic E-state index is 0.366. The van der Waals surface area contributed by atoms with E-state index >= 15 is 0 Å². The summed E-state index contributed by atoms with van der Waals surface area (Å²) in [5.41, 5.74) is 0.366. The summed E-state index contributed by atoms with van der Waals surface area (Å²) in [5, 5.41) is 12.2. The summed E-state index contributed by atoms with van der Waals surface area (Å²) in [6.45, 7) is 4.89. The van der Waals surface area contributed by atoms with Crippen LogP contribution in [0.3, 0.4) is 0 Å². The Hall–Kier alpha value is -1.71. The van der Waals surface area contributed by atoms with Crippen molar-refractivity contribution in [2.45, 2.75) is 12.8 Å². The molecule has 0 saturated carbocycles. The van der Waals surface area contributed by atoms with Crippen LogP contribution in [0.25, 0.3) is 0 Å². The molecule has 1 N–H and O–H groups in total. The molecule has 6 heteroatoms. The van der Waals surface area contributed by atoms with Crippen LogP contribution in [-0.2, 0) is 4.74 Å². The van der Waals surface area contributed by atoms with Crippen molar-refractivity contribution >= 4 is 5.82 Å². The van der Waals surface area contributed by atoms with Crippen molar-refractivity contribution in [1.82, 2.24) is 14.9 Å². The standard InChI is InChI=1S/C14H21N5O/c1-20-9-8-19-6-2-12(3-7-19)11-18-14-13(10-15)16-4-5-17-14/h4-5,12H,2-3,6-9,11H2,1H3,(H,17,18). The molecule has 0 unspecified atom stereocenters. The van der Waals surface area contributed by atoms with Gasteiger partial charge in [-0.05, 0) is 31.8 Å². The van der Waals surface area contributed by atoms with E-state index in [4.69, 9.17) is 10.00 Å². The smallest absolute Gasteiger partial charge is 0.182 e. The Bertz CT molecular complexity index is 451. The maximum absolute atomic E-state index is 8.96. The van der Waals surface area contributed by atoms with Crippen LogP contribution in [0.15, 0.2) is 12.4 Å². The lowest BCUT2D eigenvalue weighted by molar-refractivity contribution is 0.122. The Balaban J connectivity index is 1.75. The number of rotatable bonds is 6. The van der Waals surface area contributed by atoms with Gasteiger partial charge >= 0.3 is 0 Å². The average molecular weight is 275 g/mol. The molecule has 0 amide bonds. The third-order valence-corrected chi connectivity index (χ3v) is 3.68. The van der Waals surface area contributed by atoms with Crippen molar-refractivity contribution in [2.24, 2.45) is 5.92 Å². The second kappa shape index (κ2) is 7.78. The molecule has 1 saturated heterocycles. The van der Waals surface area contributed by atoms with Crippen molar-refractivity contribution in [3.8, 4) is 6.07 Å². The number of ether oxygens (including phenoxy) is 1. The van der Waals surface area contributed by atoms with Crippen LogP contribution in [0, 0.1) is 17.2 Å². The maximum Gasteiger partial charge on any atom is 0.182 e. The number of nitrogens with one attached hydrogen (secondary N) is 1. The highest BCUT2D eigenvalue weighted by Gasteiger charge is 2.19. The van der Waals surface area contributed by atoms with Gasteiger partial charge in [0.05, 0.1) is 6.61 Å². The minimum Gasteiger partial charge on any atom is -0.383 e. The molecule has 1 aliphatic rings. The molecule has 0 spiro atoms. The Kier molecular flexibility index (Phi) is 5.71. The number of methoxy groups -OCH3 is 1. The molecule has 1 aliphatic heterocycles. The van der Waals surface area contributed by atoms with Gasteiger partial charge in [0.15, 0.2) is 11.5 Å². The van der Waals surface area contributed by atoms with Crippen LogP contribution >= 0.6 is 0 Å². The summed E-state index contributed by atoms with van der Waals surface area (Å²) in [6, 6.07) is 2.06. The van der Waals surface area contributed by atoms with Crippen molar-refractivity contribution in [3.63, 3.8) is 0 Å². The fourth-order valence-corrected chi connectivity index (χ4v) is 2.42.